The Morgan fingerprint density at radius 1 is 1.16 bits per heavy atom. The first kappa shape index (κ1) is 19.1. The molecule has 0 rings (SSSR count). The molecule has 0 fully saturated rings. The topological polar surface area (TPSA) is 199 Å². The van der Waals surface area contributed by atoms with E-state index >= 15 is 0 Å². The average molecular weight is 278 g/mol. The summed E-state index contributed by atoms with van der Waals surface area (Å²) in [5, 5.41) is 18.3. The molecular formula is C9H18N4O6. The van der Waals surface area contributed by atoms with Crippen LogP contribution < -0.4 is 22.5 Å². The largest absolute Gasteiger partial charge is 0.480 e. The Morgan fingerprint density at radius 2 is 1.63 bits per heavy atom. The van der Waals surface area contributed by atoms with Gasteiger partial charge in [0, 0.05) is 0 Å². The maximum atomic E-state index is 10.5. The molecule has 0 radical (unpaired) electrons. The van der Waals surface area contributed by atoms with Gasteiger partial charge in [0.2, 0.25) is 11.8 Å². The smallest absolute Gasteiger partial charge is 0.322 e. The second-order valence-electron chi connectivity index (χ2n) is 3.52. The van der Waals surface area contributed by atoms with Crippen LogP contribution in [0.25, 0.3) is 0 Å². The Labute approximate surface area is 108 Å². The summed E-state index contributed by atoms with van der Waals surface area (Å²) in [6.07, 6.45) is -0.310. The van der Waals surface area contributed by atoms with Crippen LogP contribution >= 0.6 is 0 Å². The summed E-state index contributed by atoms with van der Waals surface area (Å²) in [7, 11) is 0. The fourth-order valence-corrected chi connectivity index (χ4v) is 0.628. The molecule has 9 N–H and O–H groups in total. The van der Waals surface area contributed by atoms with Gasteiger partial charge in [-0.05, 0) is 6.92 Å². The number of carbonyl (C=O) groups excluding carboxylic acids is 2. The van der Waals surface area contributed by atoms with Gasteiger partial charge in [0.1, 0.15) is 12.6 Å². The second kappa shape index (κ2) is 9.79. The van der Waals surface area contributed by atoms with Gasteiger partial charge in [0.15, 0.2) is 0 Å². The molecule has 0 aromatic rings. The summed E-state index contributed by atoms with van der Waals surface area (Å²) in [5.41, 5.74) is 14.7. The minimum atomic E-state index is -1.21. The molecule has 0 unspecified atom stereocenters. The molecule has 10 heteroatoms. The minimum absolute atomic E-state index is 0.310. The minimum Gasteiger partial charge on any atom is -0.480 e. The maximum Gasteiger partial charge on any atom is 0.322 e. The van der Waals surface area contributed by atoms with Crippen LogP contribution in [-0.2, 0) is 19.2 Å². The van der Waals surface area contributed by atoms with Gasteiger partial charge in [0.25, 0.3) is 0 Å². The van der Waals surface area contributed by atoms with E-state index in [1.54, 1.807) is 0 Å². The zero-order chi connectivity index (χ0) is 15.6. The van der Waals surface area contributed by atoms with Crippen molar-refractivity contribution >= 4 is 23.8 Å². The Bertz CT molecular complexity index is 344. The van der Waals surface area contributed by atoms with Crippen LogP contribution in [0, 0.1) is 0 Å². The van der Waals surface area contributed by atoms with E-state index in [4.69, 9.17) is 21.7 Å². The summed E-state index contributed by atoms with van der Waals surface area (Å²) in [6, 6.07) is -1.82. The van der Waals surface area contributed by atoms with Crippen molar-refractivity contribution in [3.8, 4) is 0 Å². The molecule has 0 saturated heterocycles. The fraction of sp³-hybridized carbons (Fsp3) is 0.556. The first-order valence-corrected chi connectivity index (χ1v) is 5.09. The lowest BCUT2D eigenvalue weighted by atomic mass is 10.2. The molecule has 2 atom stereocenters. The zero-order valence-corrected chi connectivity index (χ0v) is 10.3. The van der Waals surface area contributed by atoms with Gasteiger partial charge in [0.05, 0.1) is 12.5 Å². The maximum absolute atomic E-state index is 10.5. The van der Waals surface area contributed by atoms with Gasteiger partial charge in [-0.3, -0.25) is 19.2 Å². The highest BCUT2D eigenvalue weighted by Crippen LogP contribution is 1.84. The monoisotopic (exact) mass is 278 g/mol. The van der Waals surface area contributed by atoms with Crippen LogP contribution in [0.3, 0.4) is 0 Å². The average Bonchev–Trinajstić information content (AvgIpc) is 2.25. The van der Waals surface area contributed by atoms with Gasteiger partial charge in [-0.1, -0.05) is 0 Å². The summed E-state index contributed by atoms with van der Waals surface area (Å²) in [5.74, 6) is -3.45. The van der Waals surface area contributed by atoms with Crippen molar-refractivity contribution < 1.29 is 29.4 Å². The predicted octanol–water partition coefficient (Wildman–Crippen LogP) is -3.19. The quantitative estimate of drug-likeness (QED) is 0.291. The molecule has 0 heterocycles. The standard InChI is InChI=1S/C5H10N2O3.C4H8N2O3/c1-3(6)5(10)7-2-4(8)9;5-2(4(8)9)1-3(6)7/h3H,2,6H2,1H3,(H,7,10)(H,8,9);2H,1,5H2,(H2,6,7)(H,8,9)/t3-;2-/m00/s1. The van der Waals surface area contributed by atoms with Crippen LogP contribution in [0.15, 0.2) is 0 Å². The third-order valence-electron chi connectivity index (χ3n) is 1.57. The van der Waals surface area contributed by atoms with Gasteiger partial charge in [-0.15, -0.1) is 0 Å². The van der Waals surface area contributed by atoms with Gasteiger partial charge < -0.3 is 32.7 Å². The fourth-order valence-electron chi connectivity index (χ4n) is 0.628. The highest BCUT2D eigenvalue weighted by molar-refractivity contribution is 5.84. The van der Waals surface area contributed by atoms with Crippen molar-refractivity contribution in [2.75, 3.05) is 6.54 Å². The van der Waals surface area contributed by atoms with E-state index in [1.807, 2.05) is 0 Å². The lowest BCUT2D eigenvalue weighted by molar-refractivity contribution is -0.140. The number of nitrogens with one attached hydrogen (secondary N) is 1. The molecule has 10 nitrogen and oxygen atoms in total. The zero-order valence-electron chi connectivity index (χ0n) is 10.3. The number of carbonyl (C=O) groups is 4. The number of amides is 2. The van der Waals surface area contributed by atoms with E-state index in [2.05, 4.69) is 11.1 Å². The van der Waals surface area contributed by atoms with Crippen molar-refractivity contribution in [1.29, 1.82) is 0 Å². The number of carboxylic acids is 2. The predicted molar refractivity (Wildman–Crippen MR) is 63.7 cm³/mol. The first-order valence-electron chi connectivity index (χ1n) is 5.09. The molecule has 0 aromatic heterocycles. The molecule has 0 aliphatic heterocycles. The van der Waals surface area contributed by atoms with E-state index in [0.717, 1.165) is 0 Å². The van der Waals surface area contributed by atoms with Crippen molar-refractivity contribution in [2.45, 2.75) is 25.4 Å². The highest BCUT2D eigenvalue weighted by atomic mass is 16.4. The SMILES string of the molecule is C[C@H](N)C(=O)NCC(=O)O.NC(=O)C[C@H](N)C(=O)O. The number of carboxylic acid groups (broad SMARTS) is 2. The summed E-state index contributed by atoms with van der Waals surface area (Å²) in [6.45, 7) is 1.11. The van der Waals surface area contributed by atoms with Crippen molar-refractivity contribution in [3.63, 3.8) is 0 Å². The Hall–Kier alpha value is -2.20. The van der Waals surface area contributed by atoms with Gasteiger partial charge in [-0.2, -0.15) is 0 Å². The summed E-state index contributed by atoms with van der Waals surface area (Å²) < 4.78 is 0. The molecule has 0 aromatic carbocycles. The third kappa shape index (κ3) is 13.7. The Balaban J connectivity index is 0. The van der Waals surface area contributed by atoms with Crippen LogP contribution in [0.4, 0.5) is 0 Å². The molecule has 0 bridgehead atoms. The lowest BCUT2D eigenvalue weighted by Gasteiger charge is -2.03. The Kier molecular flexibility index (Phi) is 9.87. The van der Waals surface area contributed by atoms with Crippen molar-refractivity contribution in [3.05, 3.63) is 0 Å². The molecular weight excluding hydrogens is 260 g/mol. The summed E-state index contributed by atoms with van der Waals surface area (Å²) in [4.78, 5) is 40.3. The van der Waals surface area contributed by atoms with E-state index in [0.29, 0.717) is 0 Å². The van der Waals surface area contributed by atoms with E-state index in [1.165, 1.54) is 6.92 Å². The first-order chi connectivity index (χ1) is 8.57. The molecule has 0 aliphatic rings. The van der Waals surface area contributed by atoms with E-state index in [9.17, 15) is 19.2 Å². The lowest BCUT2D eigenvalue weighted by Crippen LogP contribution is -2.40. The van der Waals surface area contributed by atoms with E-state index < -0.39 is 35.8 Å². The number of hydrogen-bond donors (Lipinski definition) is 6. The number of nitrogens with two attached hydrogens (primary N) is 3. The Morgan fingerprint density at radius 3 is 1.84 bits per heavy atom. The molecule has 0 aliphatic carbocycles. The number of rotatable bonds is 6. The highest BCUT2D eigenvalue weighted by Gasteiger charge is 2.13. The van der Waals surface area contributed by atoms with Crippen molar-refractivity contribution in [1.82, 2.24) is 5.32 Å². The van der Waals surface area contributed by atoms with Gasteiger partial charge in [-0.25, -0.2) is 0 Å². The second-order valence-corrected chi connectivity index (χ2v) is 3.52. The van der Waals surface area contributed by atoms with E-state index in [-0.39, 0.29) is 13.0 Å². The molecule has 2 amide bonds. The third-order valence-corrected chi connectivity index (χ3v) is 1.57. The number of aliphatic carboxylic acids is 2. The van der Waals surface area contributed by atoms with Gasteiger partial charge >= 0.3 is 11.9 Å². The van der Waals surface area contributed by atoms with Crippen molar-refractivity contribution in [2.24, 2.45) is 17.2 Å². The van der Waals surface area contributed by atoms with Crippen LogP contribution in [0.2, 0.25) is 0 Å². The summed E-state index contributed by atoms with van der Waals surface area (Å²) >= 11 is 0. The molecule has 110 valence electrons. The number of hydrogen-bond acceptors (Lipinski definition) is 6. The molecule has 0 saturated carbocycles. The normalized spacial score (nSPS) is 12.4. The number of primary amides is 1. The molecule has 0 spiro atoms. The van der Waals surface area contributed by atoms with Crippen LogP contribution in [0.1, 0.15) is 13.3 Å². The van der Waals surface area contributed by atoms with Crippen LogP contribution in [-0.4, -0.2) is 52.6 Å². The molecule has 19 heavy (non-hydrogen) atoms. The van der Waals surface area contributed by atoms with Crippen LogP contribution in [0.5, 0.6) is 0 Å².